The van der Waals surface area contributed by atoms with E-state index in [2.05, 4.69) is 5.32 Å². The molecule has 0 radical (unpaired) electrons. The predicted molar refractivity (Wildman–Crippen MR) is 107 cm³/mol. The van der Waals surface area contributed by atoms with Crippen LogP contribution in [0.1, 0.15) is 50.2 Å². The maximum atomic E-state index is 11.5. The third-order valence-electron chi connectivity index (χ3n) is 6.22. The number of carboxylic acid groups (broad SMARTS) is 1. The molecule has 0 spiro atoms. The number of carboxylic acids is 1. The van der Waals surface area contributed by atoms with E-state index in [1.165, 1.54) is 6.92 Å². The van der Waals surface area contributed by atoms with Crippen LogP contribution in [-0.4, -0.2) is 51.9 Å². The Kier molecular flexibility index (Phi) is 6.13. The molecule has 3 rings (SSSR count). The van der Waals surface area contributed by atoms with Gasteiger partial charge in [-0.25, -0.2) is 10.7 Å². The molecule has 1 aliphatic heterocycles. The summed E-state index contributed by atoms with van der Waals surface area (Å²) in [5.74, 6) is 4.94. The molecular weight excluding hydrogens is 376 g/mol. The third kappa shape index (κ3) is 4.37. The van der Waals surface area contributed by atoms with Gasteiger partial charge in [0.1, 0.15) is 17.7 Å². The largest absolute Gasteiger partial charge is 0.486 e. The molecule has 160 valence electrons. The Bertz CT molecular complexity index is 778. The summed E-state index contributed by atoms with van der Waals surface area (Å²) in [7, 11) is 0. The maximum absolute atomic E-state index is 11.5. The fourth-order valence-electron chi connectivity index (χ4n) is 3.99. The Balaban J connectivity index is 1.65. The van der Waals surface area contributed by atoms with Crippen molar-refractivity contribution in [1.82, 2.24) is 5.32 Å². The Morgan fingerprint density at radius 3 is 2.69 bits per heavy atom. The van der Waals surface area contributed by atoms with E-state index < -0.39 is 23.3 Å². The van der Waals surface area contributed by atoms with E-state index in [1.54, 1.807) is 12.1 Å². The number of benzene rings is 1. The molecule has 1 aromatic carbocycles. The third-order valence-corrected chi connectivity index (χ3v) is 6.22. The fourth-order valence-corrected chi connectivity index (χ4v) is 3.99. The van der Waals surface area contributed by atoms with Gasteiger partial charge in [0.25, 0.3) is 0 Å². The molecular formula is C20H30N4O5. The van der Waals surface area contributed by atoms with Crippen molar-refractivity contribution < 1.29 is 24.6 Å². The van der Waals surface area contributed by atoms with Gasteiger partial charge >= 0.3 is 5.97 Å². The lowest BCUT2D eigenvalue weighted by Gasteiger charge is -2.36. The number of rotatable bonds is 6. The lowest BCUT2D eigenvalue weighted by molar-refractivity contribution is -0.179. The molecule has 1 fully saturated rings. The number of carbonyl (C=O) groups is 1. The quantitative estimate of drug-likeness (QED) is 0.228. The van der Waals surface area contributed by atoms with Crippen LogP contribution in [0.3, 0.4) is 0 Å². The summed E-state index contributed by atoms with van der Waals surface area (Å²) >= 11 is 0. The summed E-state index contributed by atoms with van der Waals surface area (Å²) in [6.07, 6.45) is 3.11. The van der Waals surface area contributed by atoms with Crippen LogP contribution in [0.2, 0.25) is 0 Å². The number of hydrogen-bond acceptors (Lipinski definition) is 7. The number of aliphatic carboxylic acids is 1. The maximum Gasteiger partial charge on any atom is 0.341 e. The van der Waals surface area contributed by atoms with Gasteiger partial charge in [-0.05, 0) is 69.2 Å². The van der Waals surface area contributed by atoms with Crippen molar-refractivity contribution in [3.63, 3.8) is 0 Å². The van der Waals surface area contributed by atoms with Crippen molar-refractivity contribution in [3.8, 4) is 5.75 Å². The second-order valence-corrected chi connectivity index (χ2v) is 8.22. The molecule has 1 heterocycles. The van der Waals surface area contributed by atoms with E-state index in [0.717, 1.165) is 24.0 Å². The minimum Gasteiger partial charge on any atom is -0.486 e. The highest BCUT2D eigenvalue weighted by molar-refractivity contribution is 5.97. The first-order valence-corrected chi connectivity index (χ1v) is 9.89. The zero-order chi connectivity index (χ0) is 21.2. The van der Waals surface area contributed by atoms with Gasteiger partial charge in [0.05, 0.1) is 5.60 Å². The van der Waals surface area contributed by atoms with Gasteiger partial charge in [0.15, 0.2) is 0 Å². The van der Waals surface area contributed by atoms with Crippen molar-refractivity contribution >= 4 is 11.8 Å². The van der Waals surface area contributed by atoms with Crippen molar-refractivity contribution in [2.45, 2.75) is 68.8 Å². The minimum atomic E-state index is -1.63. The van der Waals surface area contributed by atoms with Crippen LogP contribution in [-0.2, 0) is 16.1 Å². The van der Waals surface area contributed by atoms with Crippen molar-refractivity contribution in [1.29, 1.82) is 5.41 Å². The molecule has 2 atom stereocenters. The summed E-state index contributed by atoms with van der Waals surface area (Å²) in [5, 5.41) is 31.3. The Morgan fingerprint density at radius 1 is 1.41 bits per heavy atom. The molecule has 0 amide bonds. The molecule has 0 aromatic heterocycles. The number of aryl methyl sites for hydroxylation is 1. The van der Waals surface area contributed by atoms with Crippen molar-refractivity contribution in [2.75, 3.05) is 6.54 Å². The molecule has 1 saturated carbocycles. The molecule has 2 aliphatic rings. The number of nitrogens with two attached hydrogens (primary N) is 2. The smallest absolute Gasteiger partial charge is 0.341 e. The molecule has 0 bridgehead atoms. The van der Waals surface area contributed by atoms with E-state index >= 15 is 0 Å². The molecule has 9 heteroatoms. The monoisotopic (exact) mass is 406 g/mol. The van der Waals surface area contributed by atoms with Crippen LogP contribution in [0.5, 0.6) is 5.75 Å². The topological polar surface area (TPSA) is 164 Å². The van der Waals surface area contributed by atoms with Gasteiger partial charge in [0.2, 0.25) is 5.60 Å². The Hall–Kier alpha value is -2.20. The summed E-state index contributed by atoms with van der Waals surface area (Å²) in [4.78, 5) is 16.2. The number of nitrogens with one attached hydrogen (secondary N) is 2. The van der Waals surface area contributed by atoms with Gasteiger partial charge in [-0.15, -0.1) is 0 Å². The first kappa shape index (κ1) is 21.5. The van der Waals surface area contributed by atoms with Crippen LogP contribution in [0.4, 0.5) is 0 Å². The van der Waals surface area contributed by atoms with Crippen LogP contribution in [0, 0.1) is 5.41 Å². The zero-order valence-electron chi connectivity index (χ0n) is 16.6. The SMILES string of the molecule is C[C@@](ON)(C(=O)O)[C@H]1CCc2cc(C(=N)N[C@H]3CC[C@](O)(CN)CC3)ccc2O1. The van der Waals surface area contributed by atoms with Crippen LogP contribution in [0.25, 0.3) is 0 Å². The fraction of sp³-hybridized carbons (Fsp3) is 0.600. The van der Waals surface area contributed by atoms with Crippen LogP contribution in [0.15, 0.2) is 18.2 Å². The highest BCUT2D eigenvalue weighted by atomic mass is 16.7. The Labute approximate surface area is 169 Å². The van der Waals surface area contributed by atoms with Gasteiger partial charge in [-0.1, -0.05) is 0 Å². The Morgan fingerprint density at radius 2 is 2.10 bits per heavy atom. The number of aliphatic hydroxyl groups is 1. The standard InChI is InChI=1S/C20H30N4O5/c1-19(29-23,18(25)26)16-5-3-12-10-13(2-4-15(12)28-16)17(22)24-14-6-8-20(27,11-21)9-7-14/h2,4,10,14,16,27H,3,5-9,11,21,23H2,1H3,(H2,22,24)(H,25,26)/t14-,16-,19+,20+/m1/s1. The lowest BCUT2D eigenvalue weighted by Crippen LogP contribution is -2.54. The van der Waals surface area contributed by atoms with E-state index in [4.69, 9.17) is 26.6 Å². The van der Waals surface area contributed by atoms with E-state index in [0.29, 0.717) is 37.3 Å². The number of fused-ring (bicyclic) bond motifs is 1. The minimum absolute atomic E-state index is 0.129. The number of ether oxygens (including phenoxy) is 1. The molecule has 29 heavy (non-hydrogen) atoms. The highest BCUT2D eigenvalue weighted by Gasteiger charge is 2.46. The first-order valence-electron chi connectivity index (χ1n) is 9.89. The van der Waals surface area contributed by atoms with E-state index in [1.807, 2.05) is 6.07 Å². The summed E-state index contributed by atoms with van der Waals surface area (Å²) in [6.45, 7) is 1.66. The number of hydrogen-bond donors (Lipinski definition) is 6. The normalized spacial score (nSPS) is 28.6. The van der Waals surface area contributed by atoms with Crippen LogP contribution < -0.4 is 21.7 Å². The zero-order valence-corrected chi connectivity index (χ0v) is 16.6. The summed E-state index contributed by atoms with van der Waals surface area (Å²) in [6, 6.07) is 5.54. The average molecular weight is 406 g/mol. The predicted octanol–water partition coefficient (Wildman–Crippen LogP) is 0.661. The molecule has 1 aliphatic carbocycles. The second kappa shape index (κ2) is 8.27. The average Bonchev–Trinajstić information content (AvgIpc) is 2.73. The molecule has 1 aromatic rings. The first-order chi connectivity index (χ1) is 13.7. The van der Waals surface area contributed by atoms with Crippen molar-refractivity contribution in [2.24, 2.45) is 11.6 Å². The molecule has 0 saturated heterocycles. The molecule has 9 nitrogen and oxygen atoms in total. The van der Waals surface area contributed by atoms with Gasteiger partial charge in [-0.3, -0.25) is 10.2 Å². The van der Waals surface area contributed by atoms with E-state index in [9.17, 15) is 15.0 Å². The lowest BCUT2D eigenvalue weighted by atomic mass is 9.82. The highest BCUT2D eigenvalue weighted by Crippen LogP contribution is 2.34. The molecule has 8 N–H and O–H groups in total. The summed E-state index contributed by atoms with van der Waals surface area (Å²) in [5.41, 5.74) is 4.87. The number of amidine groups is 1. The van der Waals surface area contributed by atoms with E-state index in [-0.39, 0.29) is 12.6 Å². The van der Waals surface area contributed by atoms with Gasteiger partial charge in [0, 0.05) is 18.2 Å². The van der Waals surface area contributed by atoms with Crippen LogP contribution >= 0.6 is 0 Å². The van der Waals surface area contributed by atoms with Gasteiger partial charge in [-0.2, -0.15) is 0 Å². The second-order valence-electron chi connectivity index (χ2n) is 8.22. The van der Waals surface area contributed by atoms with Crippen molar-refractivity contribution in [3.05, 3.63) is 29.3 Å². The summed E-state index contributed by atoms with van der Waals surface area (Å²) < 4.78 is 5.85. The molecule has 0 unspecified atom stereocenters. The van der Waals surface area contributed by atoms with Gasteiger partial charge < -0.3 is 26.0 Å².